The van der Waals surface area contributed by atoms with Crippen LogP contribution < -0.4 is 5.32 Å². The van der Waals surface area contributed by atoms with Gasteiger partial charge in [-0.25, -0.2) is 0 Å². The molecule has 2 rings (SSSR count). The van der Waals surface area contributed by atoms with Crippen LogP contribution in [0.4, 0.5) is 0 Å². The minimum atomic E-state index is 0.496. The van der Waals surface area contributed by atoms with Gasteiger partial charge in [0, 0.05) is 25.7 Å². The SMILES string of the molecule is CC1CN(CCOC2CCNCC2)CC1N(C)C. The normalized spacial score (nSPS) is 31.3. The Morgan fingerprint density at radius 1 is 1.22 bits per heavy atom. The number of hydrogen-bond donors (Lipinski definition) is 1. The van der Waals surface area contributed by atoms with E-state index in [0.717, 1.165) is 32.2 Å². The lowest BCUT2D eigenvalue weighted by atomic mass is 10.1. The van der Waals surface area contributed by atoms with Gasteiger partial charge in [0.05, 0.1) is 12.7 Å². The second kappa shape index (κ2) is 6.85. The fraction of sp³-hybridized carbons (Fsp3) is 1.00. The minimum absolute atomic E-state index is 0.496. The van der Waals surface area contributed by atoms with Gasteiger partial charge in [-0.3, -0.25) is 4.90 Å². The van der Waals surface area contributed by atoms with E-state index in [-0.39, 0.29) is 0 Å². The highest BCUT2D eigenvalue weighted by Crippen LogP contribution is 2.19. The number of ether oxygens (including phenoxy) is 1. The topological polar surface area (TPSA) is 27.7 Å². The molecule has 2 unspecified atom stereocenters. The molecular formula is C14H29N3O. The van der Waals surface area contributed by atoms with E-state index in [9.17, 15) is 0 Å². The maximum Gasteiger partial charge on any atom is 0.0600 e. The average Bonchev–Trinajstić information content (AvgIpc) is 2.72. The molecule has 4 heteroatoms. The molecule has 0 aromatic rings. The first-order chi connectivity index (χ1) is 8.66. The molecule has 106 valence electrons. The molecular weight excluding hydrogens is 226 g/mol. The average molecular weight is 255 g/mol. The number of rotatable bonds is 5. The highest BCUT2D eigenvalue weighted by Gasteiger charge is 2.30. The molecule has 0 aromatic carbocycles. The largest absolute Gasteiger partial charge is 0.377 e. The highest BCUT2D eigenvalue weighted by atomic mass is 16.5. The molecule has 4 nitrogen and oxygen atoms in total. The van der Waals surface area contributed by atoms with Crippen molar-refractivity contribution < 1.29 is 4.74 Å². The second-order valence-corrected chi connectivity index (χ2v) is 6.09. The first kappa shape index (κ1) is 14.3. The predicted molar refractivity (Wildman–Crippen MR) is 74.9 cm³/mol. The molecule has 0 aliphatic carbocycles. The zero-order chi connectivity index (χ0) is 13.0. The van der Waals surface area contributed by atoms with Crippen molar-refractivity contribution in [2.24, 2.45) is 5.92 Å². The quantitative estimate of drug-likeness (QED) is 0.780. The van der Waals surface area contributed by atoms with Crippen molar-refractivity contribution in [2.45, 2.75) is 31.9 Å². The summed E-state index contributed by atoms with van der Waals surface area (Å²) in [6.45, 7) is 9.01. The standard InChI is InChI=1S/C14H29N3O/c1-12-10-17(11-14(12)16(2)3)8-9-18-13-4-6-15-7-5-13/h12-15H,4-11H2,1-3H3. The Balaban J connectivity index is 1.62. The molecule has 0 saturated carbocycles. The summed E-state index contributed by atoms with van der Waals surface area (Å²) in [7, 11) is 4.38. The van der Waals surface area contributed by atoms with Crippen LogP contribution >= 0.6 is 0 Å². The van der Waals surface area contributed by atoms with Crippen LogP contribution in [0.1, 0.15) is 19.8 Å². The molecule has 2 fully saturated rings. The number of likely N-dealkylation sites (N-methyl/N-ethyl adjacent to an activating group) is 1. The van der Waals surface area contributed by atoms with E-state index in [4.69, 9.17) is 4.74 Å². The van der Waals surface area contributed by atoms with Gasteiger partial charge in [-0.2, -0.15) is 0 Å². The van der Waals surface area contributed by atoms with Crippen LogP contribution in [-0.2, 0) is 4.74 Å². The maximum atomic E-state index is 5.98. The number of piperidine rings is 1. The monoisotopic (exact) mass is 255 g/mol. The summed E-state index contributed by atoms with van der Waals surface area (Å²) in [5.41, 5.74) is 0. The van der Waals surface area contributed by atoms with Crippen molar-refractivity contribution in [1.29, 1.82) is 0 Å². The fourth-order valence-electron chi connectivity index (χ4n) is 3.21. The third-order valence-electron chi connectivity index (χ3n) is 4.36. The third-order valence-corrected chi connectivity index (χ3v) is 4.36. The molecule has 0 amide bonds. The van der Waals surface area contributed by atoms with Gasteiger partial charge in [0.25, 0.3) is 0 Å². The van der Waals surface area contributed by atoms with Crippen LogP contribution in [0.3, 0.4) is 0 Å². The van der Waals surface area contributed by atoms with Crippen LogP contribution in [0.15, 0.2) is 0 Å². The zero-order valence-electron chi connectivity index (χ0n) is 12.2. The number of nitrogens with zero attached hydrogens (tertiary/aromatic N) is 2. The smallest absolute Gasteiger partial charge is 0.0600 e. The summed E-state index contributed by atoms with van der Waals surface area (Å²) in [6.07, 6.45) is 2.85. The van der Waals surface area contributed by atoms with Gasteiger partial charge in [-0.1, -0.05) is 6.92 Å². The summed E-state index contributed by atoms with van der Waals surface area (Å²) in [5, 5.41) is 3.37. The van der Waals surface area contributed by atoms with E-state index in [1.165, 1.54) is 25.9 Å². The lowest BCUT2D eigenvalue weighted by molar-refractivity contribution is 0.0222. The Morgan fingerprint density at radius 2 is 1.94 bits per heavy atom. The molecule has 0 aromatic heterocycles. The Labute approximate surface area is 112 Å². The first-order valence-electron chi connectivity index (χ1n) is 7.38. The number of nitrogens with one attached hydrogen (secondary N) is 1. The van der Waals surface area contributed by atoms with Gasteiger partial charge in [0.15, 0.2) is 0 Å². The van der Waals surface area contributed by atoms with Crippen LogP contribution in [-0.4, -0.2) is 75.4 Å². The van der Waals surface area contributed by atoms with Gasteiger partial charge in [0.2, 0.25) is 0 Å². The highest BCUT2D eigenvalue weighted by molar-refractivity contribution is 4.86. The minimum Gasteiger partial charge on any atom is -0.377 e. The van der Waals surface area contributed by atoms with E-state index in [2.05, 4.69) is 36.1 Å². The van der Waals surface area contributed by atoms with Gasteiger partial charge in [0.1, 0.15) is 0 Å². The van der Waals surface area contributed by atoms with Crippen molar-refractivity contribution in [1.82, 2.24) is 15.1 Å². The Morgan fingerprint density at radius 3 is 2.56 bits per heavy atom. The molecule has 2 atom stereocenters. The van der Waals surface area contributed by atoms with E-state index < -0.39 is 0 Å². The van der Waals surface area contributed by atoms with E-state index in [0.29, 0.717) is 12.1 Å². The third kappa shape index (κ3) is 3.92. The summed E-state index contributed by atoms with van der Waals surface area (Å²) < 4.78 is 5.98. The van der Waals surface area contributed by atoms with Crippen LogP contribution in [0.2, 0.25) is 0 Å². The molecule has 0 radical (unpaired) electrons. The summed E-state index contributed by atoms with van der Waals surface area (Å²) >= 11 is 0. The Hall–Kier alpha value is -0.160. The van der Waals surface area contributed by atoms with E-state index in [1.54, 1.807) is 0 Å². The summed E-state index contributed by atoms with van der Waals surface area (Å²) in [5.74, 6) is 0.777. The van der Waals surface area contributed by atoms with Gasteiger partial charge >= 0.3 is 0 Å². The van der Waals surface area contributed by atoms with E-state index in [1.807, 2.05) is 0 Å². The molecule has 2 saturated heterocycles. The van der Waals surface area contributed by atoms with Gasteiger partial charge < -0.3 is 15.0 Å². The first-order valence-corrected chi connectivity index (χ1v) is 7.38. The van der Waals surface area contributed by atoms with Crippen molar-refractivity contribution in [3.05, 3.63) is 0 Å². The number of likely N-dealkylation sites (tertiary alicyclic amines) is 1. The lowest BCUT2D eigenvalue weighted by Gasteiger charge is -2.25. The number of hydrogen-bond acceptors (Lipinski definition) is 4. The van der Waals surface area contributed by atoms with Crippen molar-refractivity contribution in [3.8, 4) is 0 Å². The van der Waals surface area contributed by atoms with Crippen molar-refractivity contribution >= 4 is 0 Å². The fourth-order valence-corrected chi connectivity index (χ4v) is 3.21. The van der Waals surface area contributed by atoms with Crippen molar-refractivity contribution in [2.75, 3.05) is 53.4 Å². The van der Waals surface area contributed by atoms with Crippen LogP contribution in [0.25, 0.3) is 0 Å². The molecule has 1 N–H and O–H groups in total. The molecule has 18 heavy (non-hydrogen) atoms. The predicted octanol–water partition coefficient (Wildman–Crippen LogP) is 0.637. The second-order valence-electron chi connectivity index (χ2n) is 6.09. The molecule has 2 heterocycles. The molecule has 0 bridgehead atoms. The zero-order valence-corrected chi connectivity index (χ0v) is 12.2. The van der Waals surface area contributed by atoms with Crippen LogP contribution in [0.5, 0.6) is 0 Å². The van der Waals surface area contributed by atoms with Crippen LogP contribution in [0, 0.1) is 5.92 Å². The van der Waals surface area contributed by atoms with Crippen molar-refractivity contribution in [3.63, 3.8) is 0 Å². The lowest BCUT2D eigenvalue weighted by Crippen LogP contribution is -2.36. The molecule has 0 spiro atoms. The van der Waals surface area contributed by atoms with E-state index >= 15 is 0 Å². The Kier molecular flexibility index (Phi) is 5.42. The Bertz CT molecular complexity index is 241. The van der Waals surface area contributed by atoms with Gasteiger partial charge in [-0.15, -0.1) is 0 Å². The molecule has 2 aliphatic rings. The summed E-state index contributed by atoms with van der Waals surface area (Å²) in [4.78, 5) is 4.91. The summed E-state index contributed by atoms with van der Waals surface area (Å²) in [6, 6.07) is 0.712. The maximum absolute atomic E-state index is 5.98. The van der Waals surface area contributed by atoms with Gasteiger partial charge in [-0.05, 0) is 45.9 Å². The molecule has 2 aliphatic heterocycles.